The van der Waals surface area contributed by atoms with E-state index in [1.807, 2.05) is 30.3 Å². The number of methoxy groups -OCH3 is 1. The van der Waals surface area contributed by atoms with Crippen LogP contribution in [0.3, 0.4) is 0 Å². The predicted octanol–water partition coefficient (Wildman–Crippen LogP) is 1.73. The number of nitrogens with one attached hydrogen (secondary N) is 2. The van der Waals surface area contributed by atoms with Crippen molar-refractivity contribution in [3.8, 4) is 5.75 Å². The van der Waals surface area contributed by atoms with E-state index in [4.69, 9.17) is 9.47 Å². The lowest BCUT2D eigenvalue weighted by atomic mass is 10.3. The lowest BCUT2D eigenvalue weighted by molar-refractivity contribution is 0.144. The van der Waals surface area contributed by atoms with Gasteiger partial charge in [0.1, 0.15) is 5.75 Å². The molecule has 1 fully saturated rings. The van der Waals surface area contributed by atoms with Gasteiger partial charge >= 0.3 is 0 Å². The number of guanidine groups is 1. The molecule has 1 aliphatic rings. The van der Waals surface area contributed by atoms with Crippen molar-refractivity contribution < 1.29 is 9.47 Å². The molecule has 2 rings (SSSR count). The van der Waals surface area contributed by atoms with Crippen molar-refractivity contribution in [2.24, 2.45) is 4.99 Å². The first-order chi connectivity index (χ1) is 12.3. The maximum Gasteiger partial charge on any atom is 0.191 e. The summed E-state index contributed by atoms with van der Waals surface area (Å²) in [5.41, 5.74) is 0. The summed E-state index contributed by atoms with van der Waals surface area (Å²) >= 11 is 0. The summed E-state index contributed by atoms with van der Waals surface area (Å²) in [6.07, 6.45) is 3.56. The molecule has 1 aromatic rings. The highest BCUT2D eigenvalue weighted by Gasteiger charge is 2.28. The summed E-state index contributed by atoms with van der Waals surface area (Å²) in [4.78, 5) is 6.77. The van der Waals surface area contributed by atoms with Gasteiger partial charge in [0.15, 0.2) is 5.96 Å². The van der Waals surface area contributed by atoms with Crippen molar-refractivity contribution >= 4 is 5.96 Å². The Kier molecular flexibility index (Phi) is 9.15. The van der Waals surface area contributed by atoms with Gasteiger partial charge in [-0.3, -0.25) is 9.89 Å². The van der Waals surface area contributed by atoms with E-state index in [0.717, 1.165) is 57.0 Å². The maximum atomic E-state index is 5.69. The fourth-order valence-corrected chi connectivity index (χ4v) is 2.65. The van der Waals surface area contributed by atoms with Crippen LogP contribution in [0.15, 0.2) is 35.3 Å². The van der Waals surface area contributed by atoms with E-state index in [2.05, 4.69) is 20.5 Å². The largest absolute Gasteiger partial charge is 0.494 e. The normalized spacial score (nSPS) is 14.6. The summed E-state index contributed by atoms with van der Waals surface area (Å²) in [6.45, 7) is 5.24. The standard InChI is InChI=1S/C19H32N4O2/c1-20-19(21-11-6-15-25-18-7-4-3-5-8-18)22-12-13-23(14-16-24-2)17-9-10-17/h3-5,7-8,17H,6,9-16H2,1-2H3,(H2,20,21,22). The summed E-state index contributed by atoms with van der Waals surface area (Å²) < 4.78 is 10.9. The van der Waals surface area contributed by atoms with Gasteiger partial charge in [-0.05, 0) is 31.4 Å². The second kappa shape index (κ2) is 11.7. The van der Waals surface area contributed by atoms with Crippen molar-refractivity contribution in [1.29, 1.82) is 0 Å². The monoisotopic (exact) mass is 348 g/mol. The average molecular weight is 348 g/mol. The van der Waals surface area contributed by atoms with Crippen LogP contribution in [0.25, 0.3) is 0 Å². The molecule has 6 heteroatoms. The highest BCUT2D eigenvalue weighted by Crippen LogP contribution is 2.25. The summed E-state index contributed by atoms with van der Waals surface area (Å²) in [7, 11) is 3.57. The highest BCUT2D eigenvalue weighted by atomic mass is 16.5. The van der Waals surface area contributed by atoms with Gasteiger partial charge in [-0.2, -0.15) is 0 Å². The van der Waals surface area contributed by atoms with Crippen LogP contribution in [-0.4, -0.2) is 70.5 Å². The van der Waals surface area contributed by atoms with Crippen LogP contribution in [0.4, 0.5) is 0 Å². The van der Waals surface area contributed by atoms with E-state index >= 15 is 0 Å². The Morgan fingerprint density at radius 3 is 2.56 bits per heavy atom. The highest BCUT2D eigenvalue weighted by molar-refractivity contribution is 5.79. The van der Waals surface area contributed by atoms with Gasteiger partial charge in [0.25, 0.3) is 0 Å². The number of para-hydroxylation sites is 1. The third-order valence-electron chi connectivity index (χ3n) is 4.19. The molecule has 25 heavy (non-hydrogen) atoms. The molecule has 0 spiro atoms. The molecule has 1 saturated carbocycles. The molecule has 0 aromatic heterocycles. The maximum absolute atomic E-state index is 5.69. The van der Waals surface area contributed by atoms with Gasteiger partial charge in [-0.25, -0.2) is 0 Å². The van der Waals surface area contributed by atoms with Crippen molar-refractivity contribution in [3.05, 3.63) is 30.3 Å². The molecule has 0 atom stereocenters. The van der Waals surface area contributed by atoms with E-state index in [1.165, 1.54) is 12.8 Å². The lowest BCUT2D eigenvalue weighted by Crippen LogP contribution is -2.43. The van der Waals surface area contributed by atoms with Crippen molar-refractivity contribution in [2.45, 2.75) is 25.3 Å². The molecular weight excluding hydrogens is 316 g/mol. The molecule has 1 aliphatic carbocycles. The quantitative estimate of drug-likeness (QED) is 0.342. The number of rotatable bonds is 12. The van der Waals surface area contributed by atoms with Gasteiger partial charge in [0.2, 0.25) is 0 Å². The summed E-state index contributed by atoms with van der Waals surface area (Å²) in [5.74, 6) is 1.77. The molecule has 2 N–H and O–H groups in total. The zero-order chi connectivity index (χ0) is 17.7. The smallest absolute Gasteiger partial charge is 0.191 e. The van der Waals surface area contributed by atoms with Crippen molar-refractivity contribution in [2.75, 3.05) is 53.6 Å². The van der Waals surface area contributed by atoms with Gasteiger partial charge in [0, 0.05) is 46.4 Å². The average Bonchev–Trinajstić information content (AvgIpc) is 3.48. The Morgan fingerprint density at radius 1 is 1.12 bits per heavy atom. The van der Waals surface area contributed by atoms with E-state index in [-0.39, 0.29) is 0 Å². The summed E-state index contributed by atoms with van der Waals surface area (Å²) in [5, 5.41) is 6.72. The number of hydrogen-bond donors (Lipinski definition) is 2. The minimum absolute atomic E-state index is 0.695. The Hall–Kier alpha value is -1.79. The van der Waals surface area contributed by atoms with Crippen LogP contribution in [0.1, 0.15) is 19.3 Å². The van der Waals surface area contributed by atoms with E-state index < -0.39 is 0 Å². The van der Waals surface area contributed by atoms with Crippen molar-refractivity contribution in [1.82, 2.24) is 15.5 Å². The SMILES string of the molecule is CN=C(NCCCOc1ccccc1)NCCN(CCOC)C1CC1. The Balaban J connectivity index is 1.54. The number of ether oxygens (including phenoxy) is 2. The third kappa shape index (κ3) is 8.23. The molecule has 1 aromatic carbocycles. The first kappa shape index (κ1) is 19.5. The minimum Gasteiger partial charge on any atom is -0.494 e. The molecule has 0 heterocycles. The minimum atomic E-state index is 0.695. The molecular formula is C19H32N4O2. The molecule has 0 bridgehead atoms. The van der Waals surface area contributed by atoms with Crippen LogP contribution in [0.5, 0.6) is 5.75 Å². The first-order valence-electron chi connectivity index (χ1n) is 9.19. The van der Waals surface area contributed by atoms with Gasteiger partial charge in [-0.1, -0.05) is 18.2 Å². The number of hydrogen-bond acceptors (Lipinski definition) is 4. The van der Waals surface area contributed by atoms with Gasteiger partial charge in [-0.15, -0.1) is 0 Å². The number of benzene rings is 1. The molecule has 0 unspecified atom stereocenters. The predicted molar refractivity (Wildman–Crippen MR) is 102 cm³/mol. The molecule has 6 nitrogen and oxygen atoms in total. The van der Waals surface area contributed by atoms with E-state index in [0.29, 0.717) is 6.61 Å². The van der Waals surface area contributed by atoms with Crippen LogP contribution in [-0.2, 0) is 4.74 Å². The Morgan fingerprint density at radius 2 is 1.88 bits per heavy atom. The van der Waals surface area contributed by atoms with Crippen LogP contribution >= 0.6 is 0 Å². The number of aliphatic imine (C=N–C) groups is 1. The van der Waals surface area contributed by atoms with E-state index in [9.17, 15) is 0 Å². The molecule has 0 saturated heterocycles. The van der Waals surface area contributed by atoms with Gasteiger partial charge < -0.3 is 20.1 Å². The second-order valence-corrected chi connectivity index (χ2v) is 6.20. The fourth-order valence-electron chi connectivity index (χ4n) is 2.65. The van der Waals surface area contributed by atoms with Gasteiger partial charge in [0.05, 0.1) is 13.2 Å². The fraction of sp³-hybridized carbons (Fsp3) is 0.632. The molecule has 140 valence electrons. The van der Waals surface area contributed by atoms with Crippen LogP contribution in [0.2, 0.25) is 0 Å². The molecule has 0 amide bonds. The second-order valence-electron chi connectivity index (χ2n) is 6.20. The Bertz CT molecular complexity index is 491. The van der Waals surface area contributed by atoms with Crippen LogP contribution in [0, 0.1) is 0 Å². The van der Waals surface area contributed by atoms with E-state index in [1.54, 1.807) is 14.2 Å². The number of nitrogens with zero attached hydrogens (tertiary/aromatic N) is 2. The van der Waals surface area contributed by atoms with Crippen molar-refractivity contribution in [3.63, 3.8) is 0 Å². The molecule has 0 aliphatic heterocycles. The first-order valence-corrected chi connectivity index (χ1v) is 9.19. The topological polar surface area (TPSA) is 58.1 Å². The lowest BCUT2D eigenvalue weighted by Gasteiger charge is -2.22. The zero-order valence-corrected chi connectivity index (χ0v) is 15.5. The van der Waals surface area contributed by atoms with Crippen LogP contribution < -0.4 is 15.4 Å². The summed E-state index contributed by atoms with van der Waals surface area (Å²) in [6, 6.07) is 10.7. The third-order valence-corrected chi connectivity index (χ3v) is 4.19. The Labute approximate surface area is 151 Å². The zero-order valence-electron chi connectivity index (χ0n) is 15.5. The molecule has 0 radical (unpaired) electrons.